The maximum absolute atomic E-state index is 12.4. The van der Waals surface area contributed by atoms with E-state index in [0.717, 1.165) is 29.1 Å². The number of rotatable bonds is 7. The van der Waals surface area contributed by atoms with Gasteiger partial charge in [-0.25, -0.2) is 18.5 Å². The van der Waals surface area contributed by atoms with E-state index in [1.807, 2.05) is 17.5 Å². The molecule has 3 aromatic rings. The van der Waals surface area contributed by atoms with Crippen LogP contribution in [0.4, 0.5) is 0 Å². The van der Waals surface area contributed by atoms with E-state index in [9.17, 15) is 13.2 Å². The maximum Gasteiger partial charge on any atom is 0.251 e. The predicted octanol–water partition coefficient (Wildman–Crippen LogP) is 2.52. The number of pyridine rings is 1. The summed E-state index contributed by atoms with van der Waals surface area (Å²) in [6, 6.07) is 8.10. The Bertz CT molecular complexity index is 1080. The third kappa shape index (κ3) is 5.00. The summed E-state index contributed by atoms with van der Waals surface area (Å²) in [7, 11) is -3.85. The molecule has 0 saturated carbocycles. The van der Waals surface area contributed by atoms with Gasteiger partial charge in [-0.15, -0.1) is 11.3 Å². The van der Waals surface area contributed by atoms with Crippen LogP contribution in [0.15, 0.2) is 53.0 Å². The molecule has 28 heavy (non-hydrogen) atoms. The lowest BCUT2D eigenvalue weighted by Gasteiger charge is -2.09. The van der Waals surface area contributed by atoms with Crippen LogP contribution in [0, 0.1) is 6.92 Å². The van der Waals surface area contributed by atoms with Crippen LogP contribution in [0.25, 0.3) is 11.3 Å². The van der Waals surface area contributed by atoms with Crippen LogP contribution in [-0.2, 0) is 16.4 Å². The number of aromatic nitrogens is 2. The molecule has 0 bridgehead atoms. The molecular formula is C19H20N4O3S2. The Morgan fingerprint density at radius 2 is 1.96 bits per heavy atom. The molecule has 0 fully saturated rings. The topological polar surface area (TPSA) is 115 Å². The number of amides is 1. The van der Waals surface area contributed by atoms with E-state index in [0.29, 0.717) is 17.7 Å². The minimum Gasteiger partial charge on any atom is -0.352 e. The van der Waals surface area contributed by atoms with Crippen molar-refractivity contribution in [3.63, 3.8) is 0 Å². The highest BCUT2D eigenvalue weighted by atomic mass is 32.2. The first-order valence-corrected chi connectivity index (χ1v) is 11.0. The van der Waals surface area contributed by atoms with Crippen molar-refractivity contribution in [2.24, 2.45) is 5.14 Å². The molecular weight excluding hydrogens is 396 g/mol. The highest BCUT2D eigenvalue weighted by molar-refractivity contribution is 7.89. The smallest absolute Gasteiger partial charge is 0.251 e. The zero-order chi connectivity index (χ0) is 20.1. The Hall–Kier alpha value is -2.62. The number of carbonyl (C=O) groups is 1. The molecule has 146 valence electrons. The van der Waals surface area contributed by atoms with Crippen molar-refractivity contribution in [1.82, 2.24) is 15.3 Å². The second kappa shape index (κ2) is 8.59. The van der Waals surface area contributed by atoms with Crippen LogP contribution in [0.5, 0.6) is 0 Å². The number of benzene rings is 1. The Kier molecular flexibility index (Phi) is 6.18. The normalized spacial score (nSPS) is 11.4. The average molecular weight is 417 g/mol. The van der Waals surface area contributed by atoms with E-state index in [4.69, 9.17) is 5.14 Å². The van der Waals surface area contributed by atoms with Crippen LogP contribution in [0.1, 0.15) is 27.3 Å². The third-order valence-electron chi connectivity index (χ3n) is 4.16. The lowest BCUT2D eigenvalue weighted by molar-refractivity contribution is 0.0952. The quantitative estimate of drug-likeness (QED) is 0.574. The van der Waals surface area contributed by atoms with Crippen molar-refractivity contribution in [2.75, 3.05) is 6.54 Å². The van der Waals surface area contributed by atoms with Gasteiger partial charge in [0.25, 0.3) is 5.91 Å². The molecule has 0 saturated heterocycles. The number of nitrogens with zero attached hydrogens (tertiary/aromatic N) is 2. The Morgan fingerprint density at radius 1 is 1.21 bits per heavy atom. The van der Waals surface area contributed by atoms with Crippen molar-refractivity contribution in [3.8, 4) is 11.3 Å². The van der Waals surface area contributed by atoms with Crippen molar-refractivity contribution in [2.45, 2.75) is 24.7 Å². The molecule has 0 aliphatic carbocycles. The van der Waals surface area contributed by atoms with E-state index < -0.39 is 10.0 Å². The first kappa shape index (κ1) is 20.1. The number of primary sulfonamides is 1. The highest BCUT2D eigenvalue weighted by Crippen LogP contribution is 2.21. The first-order chi connectivity index (χ1) is 13.3. The van der Waals surface area contributed by atoms with Gasteiger partial charge in [0.05, 0.1) is 15.6 Å². The Labute approximate surface area is 167 Å². The second-order valence-corrected chi connectivity index (χ2v) is 8.75. The van der Waals surface area contributed by atoms with Gasteiger partial charge in [-0.05, 0) is 43.2 Å². The van der Waals surface area contributed by atoms with Crippen LogP contribution in [-0.4, -0.2) is 30.8 Å². The molecule has 3 N–H and O–H groups in total. The summed E-state index contributed by atoms with van der Waals surface area (Å²) in [6.07, 6.45) is 4.93. The monoisotopic (exact) mass is 416 g/mol. The Balaban J connectivity index is 1.55. The van der Waals surface area contributed by atoms with Crippen LogP contribution >= 0.6 is 11.3 Å². The van der Waals surface area contributed by atoms with Gasteiger partial charge in [0.2, 0.25) is 10.0 Å². The summed E-state index contributed by atoms with van der Waals surface area (Å²) in [5.74, 6) is -0.320. The average Bonchev–Trinajstić information content (AvgIpc) is 3.14. The summed E-state index contributed by atoms with van der Waals surface area (Å²) in [4.78, 5) is 20.9. The van der Waals surface area contributed by atoms with E-state index >= 15 is 0 Å². The third-order valence-corrected chi connectivity index (χ3v) is 5.98. The largest absolute Gasteiger partial charge is 0.352 e. The molecule has 0 aliphatic rings. The molecule has 1 aromatic carbocycles. The Morgan fingerprint density at radius 3 is 2.68 bits per heavy atom. The summed E-state index contributed by atoms with van der Waals surface area (Å²) in [5, 5.41) is 11.0. The van der Waals surface area contributed by atoms with E-state index in [1.54, 1.807) is 36.7 Å². The molecule has 3 rings (SSSR count). The zero-order valence-electron chi connectivity index (χ0n) is 15.3. The van der Waals surface area contributed by atoms with Gasteiger partial charge in [0, 0.05) is 41.9 Å². The number of nitrogens with one attached hydrogen (secondary N) is 1. The van der Waals surface area contributed by atoms with Crippen LogP contribution in [0.3, 0.4) is 0 Å². The van der Waals surface area contributed by atoms with Crippen LogP contribution in [0.2, 0.25) is 0 Å². The number of thiazole rings is 1. The molecule has 1 amide bonds. The zero-order valence-corrected chi connectivity index (χ0v) is 16.9. The van der Waals surface area contributed by atoms with Gasteiger partial charge >= 0.3 is 0 Å². The minimum atomic E-state index is -3.85. The van der Waals surface area contributed by atoms with Crippen LogP contribution < -0.4 is 10.5 Å². The second-order valence-electron chi connectivity index (χ2n) is 6.24. The molecule has 9 heteroatoms. The van der Waals surface area contributed by atoms with E-state index in [-0.39, 0.29) is 10.8 Å². The molecule has 0 unspecified atom stereocenters. The summed E-state index contributed by atoms with van der Waals surface area (Å²) >= 11 is 1.58. The molecule has 0 atom stereocenters. The molecule has 2 aromatic heterocycles. The number of hydrogen-bond acceptors (Lipinski definition) is 6. The summed E-state index contributed by atoms with van der Waals surface area (Å²) < 4.78 is 23.0. The number of sulfonamides is 1. The fraction of sp³-hybridized carbons (Fsp3) is 0.211. The van der Waals surface area contributed by atoms with Gasteiger partial charge in [0.15, 0.2) is 0 Å². The maximum atomic E-state index is 12.4. The summed E-state index contributed by atoms with van der Waals surface area (Å²) in [6.45, 7) is 2.21. The lowest BCUT2D eigenvalue weighted by atomic mass is 10.1. The number of aryl methyl sites for hydroxylation is 2. The molecule has 0 radical (unpaired) electrons. The SMILES string of the molecule is Cc1ccc(S(N)(=O)=O)cc1C(=O)NCCCc1nc(-c2ccncc2)cs1. The lowest BCUT2D eigenvalue weighted by Crippen LogP contribution is -2.26. The van der Waals surface area contributed by atoms with Gasteiger partial charge < -0.3 is 5.32 Å². The molecule has 7 nitrogen and oxygen atoms in total. The van der Waals surface area contributed by atoms with Crippen molar-refractivity contribution in [1.29, 1.82) is 0 Å². The summed E-state index contributed by atoms with van der Waals surface area (Å²) in [5.41, 5.74) is 2.94. The number of nitrogens with two attached hydrogens (primary N) is 1. The standard InChI is InChI=1S/C19H20N4O3S2/c1-13-4-5-15(28(20,25)26)11-16(13)19(24)22-8-2-3-18-23-17(12-27-18)14-6-9-21-10-7-14/h4-7,9-12H,2-3,8H2,1H3,(H,22,24)(H2,20,25,26). The molecule has 0 aliphatic heterocycles. The van der Waals surface area contributed by atoms with E-state index in [2.05, 4.69) is 15.3 Å². The number of carbonyl (C=O) groups excluding carboxylic acids is 1. The highest BCUT2D eigenvalue weighted by Gasteiger charge is 2.14. The van der Waals surface area contributed by atoms with Gasteiger partial charge in [0.1, 0.15) is 0 Å². The molecule has 2 heterocycles. The fourth-order valence-electron chi connectivity index (χ4n) is 2.64. The van der Waals surface area contributed by atoms with E-state index in [1.165, 1.54) is 12.1 Å². The van der Waals surface area contributed by atoms with Gasteiger partial charge in [-0.1, -0.05) is 6.07 Å². The number of hydrogen-bond donors (Lipinski definition) is 2. The molecule has 0 spiro atoms. The predicted molar refractivity (Wildman–Crippen MR) is 109 cm³/mol. The van der Waals surface area contributed by atoms with Gasteiger partial charge in [-0.3, -0.25) is 9.78 Å². The minimum absolute atomic E-state index is 0.0744. The van der Waals surface area contributed by atoms with Crippen molar-refractivity contribution < 1.29 is 13.2 Å². The van der Waals surface area contributed by atoms with Crippen molar-refractivity contribution >= 4 is 27.3 Å². The van der Waals surface area contributed by atoms with Crippen molar-refractivity contribution in [3.05, 3.63) is 64.2 Å². The van der Waals surface area contributed by atoms with Gasteiger partial charge in [-0.2, -0.15) is 0 Å². The first-order valence-electron chi connectivity index (χ1n) is 8.61. The fourth-order valence-corrected chi connectivity index (χ4v) is 4.03.